The summed E-state index contributed by atoms with van der Waals surface area (Å²) >= 11 is 0. The van der Waals surface area contributed by atoms with Crippen LogP contribution in [0, 0.1) is 6.92 Å². The summed E-state index contributed by atoms with van der Waals surface area (Å²) < 4.78 is 5.39. The fourth-order valence-electron chi connectivity index (χ4n) is 2.99. The number of aryl methyl sites for hydroxylation is 1. The van der Waals surface area contributed by atoms with Crippen LogP contribution in [-0.4, -0.2) is 18.6 Å². The van der Waals surface area contributed by atoms with Crippen molar-refractivity contribution >= 4 is 10.9 Å². The van der Waals surface area contributed by atoms with Crippen molar-refractivity contribution in [1.82, 2.24) is 10.3 Å². The monoisotopic (exact) mass is 244 g/mol. The highest BCUT2D eigenvalue weighted by atomic mass is 16.5. The summed E-state index contributed by atoms with van der Waals surface area (Å²) in [7, 11) is 1.73. The number of methoxy groups -OCH3 is 1. The SMILES string of the molecule is COc1cc(C)c2[nH]c3c(c2c1)CCNC3(C)C. The number of fused-ring (bicyclic) bond motifs is 3. The summed E-state index contributed by atoms with van der Waals surface area (Å²) in [5.41, 5.74) is 5.27. The molecule has 96 valence electrons. The molecule has 3 heteroatoms. The third kappa shape index (κ3) is 1.54. The third-order valence-electron chi connectivity index (χ3n) is 3.99. The van der Waals surface area contributed by atoms with Crippen molar-refractivity contribution in [2.24, 2.45) is 0 Å². The lowest BCUT2D eigenvalue weighted by molar-refractivity contribution is 0.374. The molecule has 0 amide bonds. The number of benzene rings is 1. The molecule has 2 aromatic rings. The van der Waals surface area contributed by atoms with E-state index in [0.29, 0.717) is 0 Å². The predicted octanol–water partition coefficient (Wildman–Crippen LogP) is 2.87. The van der Waals surface area contributed by atoms with Crippen molar-refractivity contribution in [3.8, 4) is 5.75 Å². The molecule has 0 bridgehead atoms. The summed E-state index contributed by atoms with van der Waals surface area (Å²) in [5, 5.41) is 4.88. The Balaban J connectivity index is 2.33. The van der Waals surface area contributed by atoms with Gasteiger partial charge in [-0.2, -0.15) is 0 Å². The molecule has 0 aliphatic carbocycles. The number of aromatic amines is 1. The summed E-state index contributed by atoms with van der Waals surface area (Å²) in [5.74, 6) is 0.943. The number of rotatable bonds is 1. The van der Waals surface area contributed by atoms with Gasteiger partial charge in [-0.15, -0.1) is 0 Å². The lowest BCUT2D eigenvalue weighted by atomic mass is 9.90. The van der Waals surface area contributed by atoms with Gasteiger partial charge in [-0.3, -0.25) is 0 Å². The van der Waals surface area contributed by atoms with E-state index in [1.807, 2.05) is 0 Å². The number of hydrogen-bond donors (Lipinski definition) is 2. The van der Waals surface area contributed by atoms with E-state index in [9.17, 15) is 0 Å². The standard InChI is InChI=1S/C15H20N2O/c1-9-7-10(18-4)8-12-11-5-6-16-15(2,3)14(11)17-13(9)12/h7-8,16-17H,5-6H2,1-4H3. The Labute approximate surface area is 108 Å². The molecule has 3 nitrogen and oxygen atoms in total. The lowest BCUT2D eigenvalue weighted by Gasteiger charge is -2.31. The molecule has 1 aliphatic heterocycles. The van der Waals surface area contributed by atoms with Crippen LogP contribution < -0.4 is 10.1 Å². The maximum absolute atomic E-state index is 5.39. The smallest absolute Gasteiger partial charge is 0.119 e. The summed E-state index contributed by atoms with van der Waals surface area (Å²) in [6.07, 6.45) is 1.07. The molecular formula is C15H20N2O. The minimum atomic E-state index is 0.0201. The Hall–Kier alpha value is -1.48. The quantitative estimate of drug-likeness (QED) is 0.809. The number of hydrogen-bond acceptors (Lipinski definition) is 2. The average Bonchev–Trinajstić information content (AvgIpc) is 2.70. The van der Waals surface area contributed by atoms with E-state index in [-0.39, 0.29) is 5.54 Å². The molecule has 0 spiro atoms. The van der Waals surface area contributed by atoms with Gasteiger partial charge in [0.05, 0.1) is 12.6 Å². The molecule has 0 atom stereocenters. The van der Waals surface area contributed by atoms with Crippen LogP contribution in [0.3, 0.4) is 0 Å². The molecular weight excluding hydrogens is 224 g/mol. The van der Waals surface area contributed by atoms with Crippen LogP contribution in [0.4, 0.5) is 0 Å². The Morgan fingerprint density at radius 1 is 1.28 bits per heavy atom. The van der Waals surface area contributed by atoms with Gasteiger partial charge in [0, 0.05) is 23.1 Å². The summed E-state index contributed by atoms with van der Waals surface area (Å²) in [6.45, 7) is 7.62. The van der Waals surface area contributed by atoms with Crippen LogP contribution >= 0.6 is 0 Å². The van der Waals surface area contributed by atoms with Crippen molar-refractivity contribution < 1.29 is 4.74 Å². The molecule has 0 saturated heterocycles. The minimum Gasteiger partial charge on any atom is -0.497 e. The molecule has 3 rings (SSSR count). The van der Waals surface area contributed by atoms with E-state index in [1.165, 1.54) is 27.7 Å². The van der Waals surface area contributed by atoms with Gasteiger partial charge in [-0.25, -0.2) is 0 Å². The van der Waals surface area contributed by atoms with Crippen LogP contribution in [0.15, 0.2) is 12.1 Å². The van der Waals surface area contributed by atoms with Gasteiger partial charge >= 0.3 is 0 Å². The number of H-pyrrole nitrogens is 1. The van der Waals surface area contributed by atoms with Gasteiger partial charge in [0.2, 0.25) is 0 Å². The van der Waals surface area contributed by atoms with Gasteiger partial charge in [-0.1, -0.05) is 0 Å². The van der Waals surface area contributed by atoms with Crippen LogP contribution in [-0.2, 0) is 12.0 Å². The molecule has 0 radical (unpaired) electrons. The van der Waals surface area contributed by atoms with Gasteiger partial charge in [0.25, 0.3) is 0 Å². The zero-order valence-electron chi connectivity index (χ0n) is 11.5. The Morgan fingerprint density at radius 2 is 2.06 bits per heavy atom. The Bertz CT molecular complexity index is 610. The lowest BCUT2D eigenvalue weighted by Crippen LogP contribution is -2.42. The molecule has 18 heavy (non-hydrogen) atoms. The molecule has 1 aliphatic rings. The maximum atomic E-state index is 5.39. The van der Waals surface area contributed by atoms with Crippen LogP contribution in [0.5, 0.6) is 5.75 Å². The van der Waals surface area contributed by atoms with Crippen molar-refractivity contribution in [2.45, 2.75) is 32.7 Å². The van der Waals surface area contributed by atoms with E-state index < -0.39 is 0 Å². The topological polar surface area (TPSA) is 37.0 Å². The van der Waals surface area contributed by atoms with E-state index in [0.717, 1.165) is 18.7 Å². The van der Waals surface area contributed by atoms with Crippen molar-refractivity contribution in [3.63, 3.8) is 0 Å². The predicted molar refractivity (Wildman–Crippen MR) is 74.3 cm³/mol. The summed E-state index contributed by atoms with van der Waals surface area (Å²) in [4.78, 5) is 3.61. The van der Waals surface area contributed by atoms with Crippen LogP contribution in [0.1, 0.15) is 30.7 Å². The zero-order chi connectivity index (χ0) is 12.9. The van der Waals surface area contributed by atoms with E-state index >= 15 is 0 Å². The first kappa shape index (κ1) is 11.6. The van der Waals surface area contributed by atoms with Crippen molar-refractivity contribution in [1.29, 1.82) is 0 Å². The minimum absolute atomic E-state index is 0.0201. The molecule has 2 N–H and O–H groups in total. The first-order chi connectivity index (χ1) is 8.53. The van der Waals surface area contributed by atoms with Crippen LogP contribution in [0.25, 0.3) is 10.9 Å². The largest absolute Gasteiger partial charge is 0.497 e. The van der Waals surface area contributed by atoms with E-state index in [2.05, 4.69) is 43.2 Å². The van der Waals surface area contributed by atoms with E-state index in [4.69, 9.17) is 4.74 Å². The fourth-order valence-corrected chi connectivity index (χ4v) is 2.99. The fraction of sp³-hybridized carbons (Fsp3) is 0.467. The number of aromatic nitrogens is 1. The second-order valence-electron chi connectivity index (χ2n) is 5.65. The van der Waals surface area contributed by atoms with E-state index in [1.54, 1.807) is 7.11 Å². The van der Waals surface area contributed by atoms with Gasteiger partial charge < -0.3 is 15.0 Å². The first-order valence-corrected chi connectivity index (χ1v) is 6.47. The van der Waals surface area contributed by atoms with Gasteiger partial charge in [0.15, 0.2) is 0 Å². The molecule has 0 saturated carbocycles. The third-order valence-corrected chi connectivity index (χ3v) is 3.99. The molecule has 1 aromatic heterocycles. The highest BCUT2D eigenvalue weighted by Crippen LogP contribution is 2.36. The summed E-state index contributed by atoms with van der Waals surface area (Å²) in [6, 6.07) is 4.24. The average molecular weight is 244 g/mol. The number of nitrogens with one attached hydrogen (secondary N) is 2. The second-order valence-corrected chi connectivity index (χ2v) is 5.65. The molecule has 0 unspecified atom stereocenters. The molecule has 0 fully saturated rings. The Morgan fingerprint density at radius 3 is 2.78 bits per heavy atom. The second kappa shape index (κ2) is 3.75. The zero-order valence-corrected chi connectivity index (χ0v) is 11.5. The molecule has 2 heterocycles. The van der Waals surface area contributed by atoms with Gasteiger partial charge in [-0.05, 0) is 50.5 Å². The Kier molecular flexibility index (Phi) is 2.42. The molecule has 1 aromatic carbocycles. The van der Waals surface area contributed by atoms with Crippen molar-refractivity contribution in [3.05, 3.63) is 29.0 Å². The van der Waals surface area contributed by atoms with Crippen molar-refractivity contribution in [2.75, 3.05) is 13.7 Å². The first-order valence-electron chi connectivity index (χ1n) is 6.47. The highest BCUT2D eigenvalue weighted by molar-refractivity contribution is 5.89. The highest BCUT2D eigenvalue weighted by Gasteiger charge is 2.30. The maximum Gasteiger partial charge on any atom is 0.119 e. The van der Waals surface area contributed by atoms with Gasteiger partial charge in [0.1, 0.15) is 5.75 Å². The number of ether oxygens (including phenoxy) is 1. The van der Waals surface area contributed by atoms with Crippen LogP contribution in [0.2, 0.25) is 0 Å². The normalized spacial score (nSPS) is 17.8.